The van der Waals surface area contributed by atoms with Crippen molar-refractivity contribution in [1.82, 2.24) is 5.32 Å². The highest BCUT2D eigenvalue weighted by Gasteiger charge is 2.17. The van der Waals surface area contributed by atoms with E-state index in [0.717, 1.165) is 5.69 Å². The second kappa shape index (κ2) is 7.59. The first-order valence-electron chi connectivity index (χ1n) is 7.34. The van der Waals surface area contributed by atoms with Crippen molar-refractivity contribution in [2.75, 3.05) is 12.4 Å². The van der Waals surface area contributed by atoms with Gasteiger partial charge in [-0.15, -0.1) is 0 Å². The molecule has 5 nitrogen and oxygen atoms in total. The van der Waals surface area contributed by atoms with Gasteiger partial charge in [0.15, 0.2) is 0 Å². The first-order valence-corrected chi connectivity index (χ1v) is 7.34. The highest BCUT2D eigenvalue weighted by atomic mass is 16.6. The van der Waals surface area contributed by atoms with E-state index in [0.29, 0.717) is 11.1 Å². The zero-order chi connectivity index (χ0) is 17.6. The van der Waals surface area contributed by atoms with Crippen LogP contribution < -0.4 is 10.6 Å². The summed E-state index contributed by atoms with van der Waals surface area (Å²) in [5.41, 5.74) is 1.35. The molecule has 1 rings (SSSR count). The van der Waals surface area contributed by atoms with E-state index in [-0.39, 0.29) is 5.76 Å². The van der Waals surface area contributed by atoms with Gasteiger partial charge >= 0.3 is 6.09 Å². The number of anilines is 1. The van der Waals surface area contributed by atoms with Gasteiger partial charge in [-0.3, -0.25) is 0 Å². The van der Waals surface area contributed by atoms with Crippen LogP contribution >= 0.6 is 0 Å². The quantitative estimate of drug-likeness (QED) is 0.589. The Labute approximate surface area is 137 Å². The summed E-state index contributed by atoms with van der Waals surface area (Å²) >= 11 is 0. The van der Waals surface area contributed by atoms with Gasteiger partial charge in [0.2, 0.25) is 0 Å². The molecule has 3 N–H and O–H groups in total. The largest absolute Gasteiger partial charge is 0.508 e. The summed E-state index contributed by atoms with van der Waals surface area (Å²) < 4.78 is 5.18. The fraction of sp³-hybridized carbons (Fsp3) is 0.389. The highest BCUT2D eigenvalue weighted by molar-refractivity contribution is 5.76. The maximum Gasteiger partial charge on any atom is 0.408 e. The van der Waals surface area contributed by atoms with Crippen molar-refractivity contribution < 1.29 is 14.6 Å². The average Bonchev–Trinajstić information content (AvgIpc) is 2.42. The topological polar surface area (TPSA) is 70.6 Å². The van der Waals surface area contributed by atoms with Crippen LogP contribution in [0.3, 0.4) is 0 Å². The van der Waals surface area contributed by atoms with Crippen molar-refractivity contribution in [1.29, 1.82) is 0 Å². The lowest BCUT2D eigenvalue weighted by atomic mass is 10.0. The summed E-state index contributed by atoms with van der Waals surface area (Å²) in [5.74, 6) is 5.81. The Bertz CT molecular complexity index is 648. The number of benzene rings is 1. The zero-order valence-electron chi connectivity index (χ0n) is 14.3. The molecule has 1 aromatic carbocycles. The van der Waals surface area contributed by atoms with Crippen LogP contribution in [-0.2, 0) is 4.74 Å². The number of aliphatic hydroxyl groups is 1. The summed E-state index contributed by atoms with van der Waals surface area (Å²) in [4.78, 5) is 11.7. The molecule has 23 heavy (non-hydrogen) atoms. The third-order valence-electron chi connectivity index (χ3n) is 2.78. The number of alkyl carbamates (subject to hydrolysis) is 1. The number of hydrogen-bond acceptors (Lipinski definition) is 4. The van der Waals surface area contributed by atoms with Gasteiger partial charge in [0.05, 0.1) is 11.6 Å². The van der Waals surface area contributed by atoms with Crippen molar-refractivity contribution in [2.45, 2.75) is 39.3 Å². The van der Waals surface area contributed by atoms with E-state index in [1.54, 1.807) is 40.8 Å². The van der Waals surface area contributed by atoms with Crippen LogP contribution in [0, 0.1) is 11.8 Å². The van der Waals surface area contributed by atoms with Crippen LogP contribution in [0.5, 0.6) is 0 Å². The molecule has 1 aromatic rings. The van der Waals surface area contributed by atoms with Gasteiger partial charge in [0, 0.05) is 18.3 Å². The molecule has 1 atom stereocenters. The number of nitrogens with one attached hydrogen (secondary N) is 2. The lowest BCUT2D eigenvalue weighted by Crippen LogP contribution is -2.37. The first-order chi connectivity index (χ1) is 10.6. The normalized spacial score (nSPS) is 11.7. The third kappa shape index (κ3) is 5.95. The molecular formula is C18H24N2O3. The van der Waals surface area contributed by atoms with Crippen LogP contribution in [-0.4, -0.2) is 29.9 Å². The Morgan fingerprint density at radius 2 is 2.04 bits per heavy atom. The average molecular weight is 316 g/mol. The Hall–Kier alpha value is -2.61. The van der Waals surface area contributed by atoms with Crippen molar-refractivity contribution >= 4 is 17.5 Å². The fourth-order valence-corrected chi connectivity index (χ4v) is 1.88. The van der Waals surface area contributed by atoms with E-state index < -0.39 is 17.7 Å². The third-order valence-corrected chi connectivity index (χ3v) is 2.78. The summed E-state index contributed by atoms with van der Waals surface area (Å²) in [6, 6.07) is 5.03. The standard InChI is InChI=1S/C18H24N2O3/c1-12(20-17(22)23-18(3,4)5)10-11-14-8-7-9-15(19-6)16(14)13(2)21/h7-9,12,19,21H,2H2,1,3-6H3,(H,20,22). The van der Waals surface area contributed by atoms with E-state index in [1.807, 2.05) is 12.1 Å². The minimum atomic E-state index is -0.555. The van der Waals surface area contributed by atoms with Crippen LogP contribution in [0.4, 0.5) is 10.5 Å². The zero-order valence-corrected chi connectivity index (χ0v) is 14.3. The molecule has 0 fully saturated rings. The van der Waals surface area contributed by atoms with Crippen molar-refractivity contribution in [3.63, 3.8) is 0 Å². The molecule has 1 unspecified atom stereocenters. The van der Waals surface area contributed by atoms with Crippen molar-refractivity contribution in [2.24, 2.45) is 0 Å². The molecule has 0 spiro atoms. The maximum absolute atomic E-state index is 11.7. The van der Waals surface area contributed by atoms with Crippen LogP contribution in [0.25, 0.3) is 5.76 Å². The van der Waals surface area contributed by atoms with Crippen molar-refractivity contribution in [3.8, 4) is 11.8 Å². The van der Waals surface area contributed by atoms with E-state index in [1.165, 1.54) is 0 Å². The molecule has 0 aliphatic rings. The first kappa shape index (κ1) is 18.4. The van der Waals surface area contributed by atoms with E-state index >= 15 is 0 Å². The monoisotopic (exact) mass is 316 g/mol. The molecule has 0 saturated heterocycles. The molecule has 0 radical (unpaired) electrons. The Morgan fingerprint density at radius 1 is 1.39 bits per heavy atom. The van der Waals surface area contributed by atoms with Gasteiger partial charge in [0.25, 0.3) is 0 Å². The van der Waals surface area contributed by atoms with Gasteiger partial charge in [-0.05, 0) is 39.8 Å². The summed E-state index contributed by atoms with van der Waals surface area (Å²) in [6.45, 7) is 10.7. The molecule has 1 amide bonds. The molecule has 0 bridgehead atoms. The summed E-state index contributed by atoms with van der Waals surface area (Å²) in [6.07, 6.45) is -0.518. The minimum Gasteiger partial charge on any atom is -0.508 e. The molecule has 0 aliphatic heterocycles. The molecule has 0 aliphatic carbocycles. The number of carbonyl (C=O) groups excluding carboxylic acids is 1. The van der Waals surface area contributed by atoms with Crippen LogP contribution in [0.1, 0.15) is 38.8 Å². The highest BCUT2D eigenvalue weighted by Crippen LogP contribution is 2.24. The van der Waals surface area contributed by atoms with Crippen molar-refractivity contribution in [3.05, 3.63) is 35.9 Å². The maximum atomic E-state index is 11.7. The van der Waals surface area contributed by atoms with Gasteiger partial charge in [-0.2, -0.15) is 0 Å². The second-order valence-corrected chi connectivity index (χ2v) is 6.06. The number of amides is 1. The van der Waals surface area contributed by atoms with Crippen LogP contribution in [0.2, 0.25) is 0 Å². The molecule has 124 valence electrons. The number of hydrogen-bond donors (Lipinski definition) is 3. The number of carbonyl (C=O) groups is 1. The predicted octanol–water partition coefficient (Wildman–Crippen LogP) is 3.52. The SMILES string of the molecule is C=C(O)c1c(C#CC(C)NC(=O)OC(C)(C)C)cccc1NC. The summed E-state index contributed by atoms with van der Waals surface area (Å²) in [7, 11) is 1.76. The smallest absolute Gasteiger partial charge is 0.408 e. The second-order valence-electron chi connectivity index (χ2n) is 6.06. The van der Waals surface area contributed by atoms with E-state index in [4.69, 9.17) is 4.74 Å². The van der Waals surface area contributed by atoms with E-state index in [9.17, 15) is 9.90 Å². The lowest BCUT2D eigenvalue weighted by molar-refractivity contribution is 0.0519. The van der Waals surface area contributed by atoms with E-state index in [2.05, 4.69) is 29.1 Å². The Balaban J connectivity index is 2.91. The number of aliphatic hydroxyl groups excluding tert-OH is 1. The molecule has 5 heteroatoms. The van der Waals surface area contributed by atoms with Crippen LogP contribution in [0.15, 0.2) is 24.8 Å². The minimum absolute atomic E-state index is 0.0630. The fourth-order valence-electron chi connectivity index (χ4n) is 1.88. The molecule has 0 saturated carbocycles. The summed E-state index contributed by atoms with van der Waals surface area (Å²) in [5, 5.41) is 15.4. The molecule has 0 heterocycles. The molecule has 0 aromatic heterocycles. The lowest BCUT2D eigenvalue weighted by Gasteiger charge is -2.20. The van der Waals surface area contributed by atoms with Gasteiger partial charge in [-0.1, -0.05) is 24.5 Å². The molecular weight excluding hydrogens is 292 g/mol. The van der Waals surface area contributed by atoms with Gasteiger partial charge < -0.3 is 20.5 Å². The number of ether oxygens (including phenoxy) is 1. The van der Waals surface area contributed by atoms with Gasteiger partial charge in [0.1, 0.15) is 11.4 Å². The Kier molecular flexibility index (Phi) is 6.09. The Morgan fingerprint density at radius 3 is 2.57 bits per heavy atom. The number of rotatable bonds is 3. The predicted molar refractivity (Wildman–Crippen MR) is 93.4 cm³/mol. The van der Waals surface area contributed by atoms with Gasteiger partial charge in [-0.25, -0.2) is 4.79 Å².